The molecule has 1 saturated heterocycles. The Bertz CT molecular complexity index is 1690. The number of hydrogen-bond donors (Lipinski definition) is 5. The van der Waals surface area contributed by atoms with Crippen molar-refractivity contribution < 1.29 is 22.8 Å². The van der Waals surface area contributed by atoms with Gasteiger partial charge in [0.15, 0.2) is 17.2 Å². The normalized spacial score (nSPS) is 13.4. The highest BCUT2D eigenvalue weighted by molar-refractivity contribution is 6.34. The van der Waals surface area contributed by atoms with Crippen LogP contribution in [-0.2, 0) is 17.5 Å². The van der Waals surface area contributed by atoms with Gasteiger partial charge in [0.2, 0.25) is 5.91 Å². The average Bonchev–Trinajstić information content (AvgIpc) is 3.56. The Balaban J connectivity index is 1.24. The molecule has 43 heavy (non-hydrogen) atoms. The number of benzene rings is 1. The molecule has 0 spiro atoms. The van der Waals surface area contributed by atoms with E-state index in [9.17, 15) is 22.8 Å². The van der Waals surface area contributed by atoms with Crippen LogP contribution in [0.2, 0.25) is 5.02 Å². The molecule has 5 rings (SSSR count). The number of hydrogen-bond acceptors (Lipinski definition) is 9. The number of fused-ring (bicyclic) bond motifs is 1. The number of amides is 2. The third-order valence-corrected chi connectivity index (χ3v) is 6.78. The Morgan fingerprint density at radius 2 is 2.02 bits per heavy atom. The lowest BCUT2D eigenvalue weighted by molar-refractivity contribution is -0.141. The van der Waals surface area contributed by atoms with Crippen LogP contribution in [0.25, 0.3) is 16.9 Å². The van der Waals surface area contributed by atoms with Crippen molar-refractivity contribution in [3.05, 3.63) is 59.3 Å². The number of nitrogens with zero attached hydrogens (tertiary/aromatic N) is 6. The monoisotopic (exact) mass is 615 g/mol. The maximum Gasteiger partial charge on any atom is 0.435 e. The molecule has 1 aliphatic rings. The van der Waals surface area contributed by atoms with Gasteiger partial charge in [-0.15, -0.1) is 0 Å². The van der Waals surface area contributed by atoms with Crippen LogP contribution in [0.1, 0.15) is 16.1 Å². The topological polar surface area (TPSA) is 166 Å². The fraction of sp³-hybridized carbons (Fsp3) is 0.308. The molecule has 1 fully saturated rings. The maximum absolute atomic E-state index is 13.7. The first-order valence-electron chi connectivity index (χ1n) is 13.0. The first-order valence-corrected chi connectivity index (χ1v) is 13.4. The zero-order valence-electron chi connectivity index (χ0n) is 22.4. The molecule has 1 aromatic carbocycles. The molecule has 5 N–H and O–H groups in total. The lowest BCUT2D eigenvalue weighted by atomic mass is 10.2. The largest absolute Gasteiger partial charge is 0.435 e. The van der Waals surface area contributed by atoms with E-state index in [0.717, 1.165) is 24.0 Å². The summed E-state index contributed by atoms with van der Waals surface area (Å²) in [6.45, 7) is 1.96. The van der Waals surface area contributed by atoms with Gasteiger partial charge >= 0.3 is 6.18 Å². The van der Waals surface area contributed by atoms with Gasteiger partial charge in [0, 0.05) is 50.5 Å². The van der Waals surface area contributed by atoms with E-state index in [2.05, 4.69) is 41.7 Å². The zero-order valence-corrected chi connectivity index (χ0v) is 23.1. The molecule has 0 bridgehead atoms. The fourth-order valence-electron chi connectivity index (χ4n) is 4.32. The van der Waals surface area contributed by atoms with E-state index in [4.69, 9.17) is 16.9 Å². The molecule has 0 saturated carbocycles. The summed E-state index contributed by atoms with van der Waals surface area (Å²) in [7, 11) is 0. The Hall–Kier alpha value is -4.72. The Kier molecular flexibility index (Phi) is 8.76. The van der Waals surface area contributed by atoms with Gasteiger partial charge in [0.25, 0.3) is 5.91 Å². The predicted molar refractivity (Wildman–Crippen MR) is 150 cm³/mol. The first-order chi connectivity index (χ1) is 20.6. The smallest absolute Gasteiger partial charge is 0.351 e. The quantitative estimate of drug-likeness (QED) is 0.159. The summed E-state index contributed by atoms with van der Waals surface area (Å²) >= 11 is 6.38. The van der Waals surface area contributed by atoms with Gasteiger partial charge in [-0.1, -0.05) is 11.6 Å². The van der Waals surface area contributed by atoms with Crippen molar-refractivity contribution in [3.63, 3.8) is 0 Å². The molecular formula is C26H25ClF3N11O2. The van der Waals surface area contributed by atoms with Crippen LogP contribution >= 0.6 is 11.6 Å². The molecule has 4 aromatic rings. The highest BCUT2D eigenvalue weighted by Gasteiger charge is 2.38. The van der Waals surface area contributed by atoms with Crippen LogP contribution < -0.4 is 26.6 Å². The van der Waals surface area contributed by atoms with Crippen molar-refractivity contribution in [2.75, 3.05) is 38.0 Å². The average molecular weight is 616 g/mol. The minimum absolute atomic E-state index is 0.104. The number of halogens is 4. The van der Waals surface area contributed by atoms with Crippen LogP contribution in [0.15, 0.2) is 43.0 Å². The zero-order chi connectivity index (χ0) is 30.6. The van der Waals surface area contributed by atoms with E-state index in [-0.39, 0.29) is 64.9 Å². The van der Waals surface area contributed by atoms with Crippen molar-refractivity contribution in [2.24, 2.45) is 0 Å². The summed E-state index contributed by atoms with van der Waals surface area (Å²) in [5.41, 5.74) is -0.366. The van der Waals surface area contributed by atoms with Crippen molar-refractivity contribution in [3.8, 4) is 17.3 Å². The maximum atomic E-state index is 13.7. The molecule has 224 valence electrons. The first kappa shape index (κ1) is 29.8. The third kappa shape index (κ3) is 6.85. The molecule has 3 aromatic heterocycles. The number of rotatable bonds is 11. The van der Waals surface area contributed by atoms with Gasteiger partial charge < -0.3 is 26.6 Å². The highest BCUT2D eigenvalue weighted by atomic mass is 35.5. The molecule has 0 radical (unpaired) electrons. The van der Waals surface area contributed by atoms with Crippen LogP contribution in [-0.4, -0.2) is 74.7 Å². The lowest BCUT2D eigenvalue weighted by Crippen LogP contribution is -2.58. The van der Waals surface area contributed by atoms with E-state index < -0.39 is 17.8 Å². The third-order valence-electron chi connectivity index (χ3n) is 6.46. The molecule has 13 nitrogen and oxygen atoms in total. The summed E-state index contributed by atoms with van der Waals surface area (Å²) in [4.78, 5) is 32.9. The number of anilines is 2. The van der Waals surface area contributed by atoms with Gasteiger partial charge in [0.1, 0.15) is 6.54 Å². The number of aromatic nitrogens is 5. The standard InChI is InChI=1S/C26H25ClF3N11O2/c27-19-9-15(1-2-17(19)25(43)35-5-4-32-13-21(42)37-16-10-33-11-16)38-23-24-36-12-20(41(24)8-6-34-23)18-14-40(7-3-31)39-22(18)26(28,29)30/h1-2,6,8-9,12,14,16,32-33H,4-5,7,10-11,13H2,(H,34,38)(H,35,43)(H,37,42). The lowest BCUT2D eigenvalue weighted by Gasteiger charge is -2.27. The number of alkyl halides is 3. The second kappa shape index (κ2) is 12.7. The fourth-order valence-corrected chi connectivity index (χ4v) is 4.59. The number of nitrogens with one attached hydrogen (secondary N) is 5. The summed E-state index contributed by atoms with van der Waals surface area (Å²) in [5, 5.41) is 27.2. The molecule has 17 heteroatoms. The van der Waals surface area contributed by atoms with E-state index in [1.165, 1.54) is 35.1 Å². The van der Waals surface area contributed by atoms with E-state index in [1.54, 1.807) is 12.1 Å². The van der Waals surface area contributed by atoms with Crippen molar-refractivity contribution in [2.45, 2.75) is 18.8 Å². The van der Waals surface area contributed by atoms with E-state index >= 15 is 0 Å². The van der Waals surface area contributed by atoms with Crippen LogP contribution in [0.5, 0.6) is 0 Å². The van der Waals surface area contributed by atoms with Gasteiger partial charge in [-0.3, -0.25) is 18.7 Å². The summed E-state index contributed by atoms with van der Waals surface area (Å²) in [6, 6.07) is 6.56. The van der Waals surface area contributed by atoms with Crippen LogP contribution in [0, 0.1) is 11.3 Å². The number of nitriles is 1. The molecule has 2 amide bonds. The molecular weight excluding hydrogens is 591 g/mol. The highest BCUT2D eigenvalue weighted by Crippen LogP contribution is 2.37. The van der Waals surface area contributed by atoms with E-state index in [0.29, 0.717) is 12.2 Å². The molecule has 1 aliphatic heterocycles. The second-order valence-corrected chi connectivity index (χ2v) is 9.94. The van der Waals surface area contributed by atoms with Gasteiger partial charge in [-0.2, -0.15) is 23.5 Å². The van der Waals surface area contributed by atoms with Gasteiger partial charge in [-0.05, 0) is 18.2 Å². The summed E-state index contributed by atoms with van der Waals surface area (Å²) < 4.78 is 43.4. The Labute approximate surface area is 247 Å². The van der Waals surface area contributed by atoms with Gasteiger partial charge in [-0.25, -0.2) is 9.97 Å². The SMILES string of the molecule is N#CCn1cc(-c2cnc3c(Nc4ccc(C(=O)NCCNCC(=O)NC5CNC5)c(Cl)c4)nccn23)c(C(F)(F)F)n1. The summed E-state index contributed by atoms with van der Waals surface area (Å²) in [6.07, 6.45) is 0.503. The number of imidazole rings is 1. The molecule has 0 aliphatic carbocycles. The predicted octanol–water partition coefficient (Wildman–Crippen LogP) is 1.94. The van der Waals surface area contributed by atoms with Crippen molar-refractivity contribution in [1.82, 2.24) is 45.4 Å². The minimum atomic E-state index is -4.75. The minimum Gasteiger partial charge on any atom is -0.351 e. The van der Waals surface area contributed by atoms with E-state index in [1.807, 2.05) is 0 Å². The Morgan fingerprint density at radius 3 is 2.72 bits per heavy atom. The number of carbonyl (C=O) groups excluding carboxylic acids is 2. The van der Waals surface area contributed by atoms with Crippen LogP contribution in [0.3, 0.4) is 0 Å². The van der Waals surface area contributed by atoms with Crippen molar-refractivity contribution in [1.29, 1.82) is 5.26 Å². The molecule has 4 heterocycles. The van der Waals surface area contributed by atoms with Crippen LogP contribution in [0.4, 0.5) is 24.7 Å². The Morgan fingerprint density at radius 1 is 1.21 bits per heavy atom. The number of carbonyl (C=O) groups is 2. The van der Waals surface area contributed by atoms with Crippen molar-refractivity contribution >= 4 is 40.6 Å². The molecule has 0 unspecified atom stereocenters. The van der Waals surface area contributed by atoms with Gasteiger partial charge in [0.05, 0.1) is 46.7 Å². The second-order valence-electron chi connectivity index (χ2n) is 9.53. The molecule has 0 atom stereocenters. The summed E-state index contributed by atoms with van der Waals surface area (Å²) in [5.74, 6) is -0.291.